The van der Waals surface area contributed by atoms with E-state index in [9.17, 15) is 0 Å². The number of unbranched alkanes of at least 4 members (excludes halogenated alkanes) is 1. The summed E-state index contributed by atoms with van der Waals surface area (Å²) in [7, 11) is 0. The van der Waals surface area contributed by atoms with E-state index in [1.807, 2.05) is 6.92 Å². The predicted molar refractivity (Wildman–Crippen MR) is 91.6 cm³/mol. The molecule has 132 valence electrons. The van der Waals surface area contributed by atoms with Crippen LogP contribution in [0.5, 0.6) is 0 Å². The minimum absolute atomic E-state index is 0.646. The molecule has 6 heteroatoms. The van der Waals surface area contributed by atoms with Crippen molar-refractivity contribution in [2.45, 2.75) is 40.0 Å². The lowest BCUT2D eigenvalue weighted by atomic mass is 10.4. The molecule has 0 aromatic carbocycles. The zero-order valence-electron chi connectivity index (χ0n) is 14.7. The molecule has 0 aliphatic carbocycles. The van der Waals surface area contributed by atoms with Crippen molar-refractivity contribution in [2.75, 3.05) is 59.3 Å². The summed E-state index contributed by atoms with van der Waals surface area (Å²) in [5, 5.41) is 6.47. The van der Waals surface area contributed by atoms with Crippen LogP contribution in [-0.2, 0) is 14.2 Å². The normalized spacial score (nSPS) is 11.7. The fourth-order valence-corrected chi connectivity index (χ4v) is 1.65. The molecular formula is C16H35N3O3. The molecule has 0 rings (SSSR count). The molecule has 6 nitrogen and oxygen atoms in total. The summed E-state index contributed by atoms with van der Waals surface area (Å²) in [5.74, 6) is 0.835. The van der Waals surface area contributed by atoms with Crippen LogP contribution < -0.4 is 10.6 Å². The van der Waals surface area contributed by atoms with Gasteiger partial charge in [-0.05, 0) is 26.7 Å². The van der Waals surface area contributed by atoms with Crippen molar-refractivity contribution < 1.29 is 14.2 Å². The third-order valence-corrected chi connectivity index (χ3v) is 2.82. The van der Waals surface area contributed by atoms with Gasteiger partial charge in [-0.2, -0.15) is 0 Å². The first-order chi connectivity index (χ1) is 10.8. The highest BCUT2D eigenvalue weighted by atomic mass is 16.5. The Morgan fingerprint density at radius 1 is 0.818 bits per heavy atom. The van der Waals surface area contributed by atoms with E-state index in [1.165, 1.54) is 6.42 Å². The van der Waals surface area contributed by atoms with Crippen LogP contribution in [0.15, 0.2) is 4.99 Å². The topological polar surface area (TPSA) is 64.1 Å². The predicted octanol–water partition coefficient (Wildman–Crippen LogP) is 1.80. The van der Waals surface area contributed by atoms with Crippen molar-refractivity contribution >= 4 is 5.96 Å². The molecule has 0 heterocycles. The van der Waals surface area contributed by atoms with Gasteiger partial charge in [-0.1, -0.05) is 13.3 Å². The van der Waals surface area contributed by atoms with Crippen molar-refractivity contribution in [1.82, 2.24) is 10.6 Å². The SMILES string of the molecule is CCCCOCCOCCNC(=NCCCOCC)NCC. The summed E-state index contributed by atoms with van der Waals surface area (Å²) < 4.78 is 16.2. The lowest BCUT2D eigenvalue weighted by Crippen LogP contribution is -2.39. The molecule has 0 saturated carbocycles. The van der Waals surface area contributed by atoms with E-state index in [0.717, 1.165) is 58.3 Å². The van der Waals surface area contributed by atoms with Crippen molar-refractivity contribution in [3.8, 4) is 0 Å². The number of ether oxygens (including phenoxy) is 3. The Balaban J connectivity index is 3.53. The molecule has 0 aromatic rings. The number of hydrogen-bond donors (Lipinski definition) is 2. The molecule has 0 amide bonds. The maximum Gasteiger partial charge on any atom is 0.191 e. The fraction of sp³-hybridized carbons (Fsp3) is 0.938. The minimum atomic E-state index is 0.646. The monoisotopic (exact) mass is 317 g/mol. The van der Waals surface area contributed by atoms with Gasteiger partial charge >= 0.3 is 0 Å². The summed E-state index contributed by atoms with van der Waals surface area (Å²) in [5.41, 5.74) is 0. The first-order valence-electron chi connectivity index (χ1n) is 8.60. The van der Waals surface area contributed by atoms with Crippen LogP contribution >= 0.6 is 0 Å². The summed E-state index contributed by atoms with van der Waals surface area (Å²) in [6.45, 7) is 12.9. The molecule has 22 heavy (non-hydrogen) atoms. The molecule has 0 spiro atoms. The van der Waals surface area contributed by atoms with Crippen LogP contribution in [0.25, 0.3) is 0 Å². The highest BCUT2D eigenvalue weighted by molar-refractivity contribution is 5.79. The molecule has 0 aromatic heterocycles. The fourth-order valence-electron chi connectivity index (χ4n) is 1.65. The van der Waals surface area contributed by atoms with Gasteiger partial charge in [0.15, 0.2) is 5.96 Å². The molecular weight excluding hydrogens is 282 g/mol. The lowest BCUT2D eigenvalue weighted by molar-refractivity contribution is 0.0487. The molecule has 0 bridgehead atoms. The molecule has 0 aliphatic heterocycles. The van der Waals surface area contributed by atoms with Gasteiger partial charge in [0.2, 0.25) is 0 Å². The maximum atomic E-state index is 5.51. The Bertz CT molecular complexity index is 251. The van der Waals surface area contributed by atoms with Crippen LogP contribution in [0.3, 0.4) is 0 Å². The van der Waals surface area contributed by atoms with Gasteiger partial charge in [-0.3, -0.25) is 4.99 Å². The quantitative estimate of drug-likeness (QED) is 0.274. The molecule has 0 fully saturated rings. The second-order valence-electron chi connectivity index (χ2n) is 4.82. The smallest absolute Gasteiger partial charge is 0.191 e. The van der Waals surface area contributed by atoms with E-state index < -0.39 is 0 Å². The van der Waals surface area contributed by atoms with Crippen molar-refractivity contribution in [2.24, 2.45) is 4.99 Å². The first-order valence-corrected chi connectivity index (χ1v) is 8.60. The molecule has 0 aliphatic rings. The van der Waals surface area contributed by atoms with Crippen LogP contribution in [-0.4, -0.2) is 65.2 Å². The molecule has 2 N–H and O–H groups in total. The van der Waals surface area contributed by atoms with E-state index in [-0.39, 0.29) is 0 Å². The average Bonchev–Trinajstić information content (AvgIpc) is 2.53. The highest BCUT2D eigenvalue weighted by Gasteiger charge is 1.96. The third kappa shape index (κ3) is 15.5. The average molecular weight is 317 g/mol. The van der Waals surface area contributed by atoms with Crippen LogP contribution in [0.4, 0.5) is 0 Å². The first kappa shape index (κ1) is 21.1. The number of guanidine groups is 1. The van der Waals surface area contributed by atoms with Crippen molar-refractivity contribution in [3.05, 3.63) is 0 Å². The Morgan fingerprint density at radius 2 is 1.55 bits per heavy atom. The van der Waals surface area contributed by atoms with Gasteiger partial charge in [-0.25, -0.2) is 0 Å². The molecule has 0 unspecified atom stereocenters. The van der Waals surface area contributed by atoms with E-state index in [2.05, 4.69) is 29.5 Å². The van der Waals surface area contributed by atoms with Gasteiger partial charge in [0, 0.05) is 39.5 Å². The largest absolute Gasteiger partial charge is 0.382 e. The van der Waals surface area contributed by atoms with Gasteiger partial charge in [-0.15, -0.1) is 0 Å². The van der Waals surface area contributed by atoms with Gasteiger partial charge < -0.3 is 24.8 Å². The van der Waals surface area contributed by atoms with Crippen molar-refractivity contribution in [3.63, 3.8) is 0 Å². The summed E-state index contributed by atoms with van der Waals surface area (Å²) in [6.07, 6.45) is 3.23. The standard InChI is InChI=1S/C16H35N3O3/c1-4-7-11-21-14-15-22-13-10-19-16(17-5-2)18-9-8-12-20-6-3/h4-15H2,1-3H3,(H2,17,18,19). The van der Waals surface area contributed by atoms with Gasteiger partial charge in [0.05, 0.1) is 19.8 Å². The molecule has 0 saturated heterocycles. The number of aliphatic imine (C=N–C) groups is 1. The number of nitrogens with one attached hydrogen (secondary N) is 2. The van der Waals surface area contributed by atoms with E-state index in [0.29, 0.717) is 19.8 Å². The summed E-state index contributed by atoms with van der Waals surface area (Å²) in [6, 6.07) is 0. The van der Waals surface area contributed by atoms with Crippen molar-refractivity contribution in [1.29, 1.82) is 0 Å². The Hall–Kier alpha value is -0.850. The van der Waals surface area contributed by atoms with E-state index in [4.69, 9.17) is 14.2 Å². The number of nitrogens with zero attached hydrogens (tertiary/aromatic N) is 1. The Kier molecular flexibility index (Phi) is 17.5. The van der Waals surface area contributed by atoms with E-state index in [1.54, 1.807) is 0 Å². The number of hydrogen-bond acceptors (Lipinski definition) is 4. The second-order valence-corrected chi connectivity index (χ2v) is 4.82. The molecule has 0 atom stereocenters. The van der Waals surface area contributed by atoms with Crippen LogP contribution in [0.2, 0.25) is 0 Å². The lowest BCUT2D eigenvalue weighted by Gasteiger charge is -2.11. The zero-order valence-corrected chi connectivity index (χ0v) is 14.7. The Morgan fingerprint density at radius 3 is 2.23 bits per heavy atom. The van der Waals surface area contributed by atoms with E-state index >= 15 is 0 Å². The number of rotatable bonds is 15. The third-order valence-electron chi connectivity index (χ3n) is 2.82. The zero-order chi connectivity index (χ0) is 16.3. The molecule has 0 radical (unpaired) electrons. The maximum absolute atomic E-state index is 5.51. The Labute approximate surface area is 136 Å². The summed E-state index contributed by atoms with van der Waals surface area (Å²) >= 11 is 0. The van der Waals surface area contributed by atoms with Crippen LogP contribution in [0, 0.1) is 0 Å². The highest BCUT2D eigenvalue weighted by Crippen LogP contribution is 1.88. The minimum Gasteiger partial charge on any atom is -0.382 e. The van der Waals surface area contributed by atoms with Gasteiger partial charge in [0.25, 0.3) is 0 Å². The summed E-state index contributed by atoms with van der Waals surface area (Å²) in [4.78, 5) is 4.49. The van der Waals surface area contributed by atoms with Gasteiger partial charge in [0.1, 0.15) is 0 Å². The van der Waals surface area contributed by atoms with Crippen LogP contribution in [0.1, 0.15) is 40.0 Å². The second kappa shape index (κ2) is 18.2.